The Labute approximate surface area is 183 Å². The first-order valence-electron chi connectivity index (χ1n) is 10.4. The van der Waals surface area contributed by atoms with Crippen LogP contribution in [-0.2, 0) is 41.7 Å². The van der Waals surface area contributed by atoms with Gasteiger partial charge < -0.3 is 23.7 Å². The van der Waals surface area contributed by atoms with Crippen LogP contribution >= 0.6 is 0 Å². The van der Waals surface area contributed by atoms with Crippen LogP contribution in [0.5, 0.6) is 0 Å². The van der Waals surface area contributed by atoms with Crippen LogP contribution in [0.25, 0.3) is 0 Å². The predicted octanol–water partition coefficient (Wildman–Crippen LogP) is 4.04. The highest BCUT2D eigenvalue weighted by molar-refractivity contribution is 5.66. The van der Waals surface area contributed by atoms with Crippen molar-refractivity contribution >= 4 is 5.97 Å². The van der Waals surface area contributed by atoms with Crippen LogP contribution in [0.3, 0.4) is 0 Å². The molecule has 1 saturated heterocycles. The molecule has 5 atom stereocenters. The SMILES string of the molecule is C=CCO[C@@H]1O[C@@H](C)[C@@H](OCc2ccccc2)[C@@H](OC(C)=O)[C@@H]1OCc1ccccc1. The van der Waals surface area contributed by atoms with Crippen molar-refractivity contribution < 1.29 is 28.5 Å². The van der Waals surface area contributed by atoms with E-state index in [0.29, 0.717) is 13.2 Å². The molecule has 31 heavy (non-hydrogen) atoms. The van der Waals surface area contributed by atoms with E-state index in [9.17, 15) is 4.79 Å². The molecule has 0 aliphatic carbocycles. The molecule has 3 rings (SSSR count). The number of hydrogen-bond donors (Lipinski definition) is 0. The fourth-order valence-electron chi connectivity index (χ4n) is 3.54. The van der Waals surface area contributed by atoms with E-state index in [1.807, 2.05) is 67.6 Å². The molecule has 0 radical (unpaired) electrons. The molecule has 1 aliphatic heterocycles. The Hall–Kier alpha value is -2.51. The van der Waals surface area contributed by atoms with Gasteiger partial charge in [-0.1, -0.05) is 66.7 Å². The van der Waals surface area contributed by atoms with Crippen molar-refractivity contribution in [2.24, 2.45) is 0 Å². The smallest absolute Gasteiger partial charge is 0.303 e. The van der Waals surface area contributed by atoms with Crippen molar-refractivity contribution in [3.8, 4) is 0 Å². The Morgan fingerprint density at radius 3 is 1.97 bits per heavy atom. The van der Waals surface area contributed by atoms with E-state index < -0.39 is 30.6 Å². The second-order valence-corrected chi connectivity index (χ2v) is 7.43. The summed E-state index contributed by atoms with van der Waals surface area (Å²) in [5.41, 5.74) is 2.01. The summed E-state index contributed by atoms with van der Waals surface area (Å²) in [6.45, 7) is 7.92. The lowest BCUT2D eigenvalue weighted by Gasteiger charge is -2.44. The Morgan fingerprint density at radius 2 is 1.45 bits per heavy atom. The highest BCUT2D eigenvalue weighted by Gasteiger charge is 2.48. The van der Waals surface area contributed by atoms with Crippen molar-refractivity contribution in [2.45, 2.75) is 57.8 Å². The second kappa shape index (κ2) is 11.8. The molecule has 6 nitrogen and oxygen atoms in total. The maximum Gasteiger partial charge on any atom is 0.303 e. The summed E-state index contributed by atoms with van der Waals surface area (Å²) in [6, 6.07) is 19.6. The van der Waals surface area contributed by atoms with E-state index in [4.69, 9.17) is 23.7 Å². The van der Waals surface area contributed by atoms with Gasteiger partial charge in [-0.2, -0.15) is 0 Å². The molecule has 0 saturated carbocycles. The molecule has 2 aromatic rings. The van der Waals surface area contributed by atoms with Gasteiger partial charge in [-0.3, -0.25) is 4.79 Å². The van der Waals surface area contributed by atoms with Crippen molar-refractivity contribution in [2.75, 3.05) is 6.61 Å². The summed E-state index contributed by atoms with van der Waals surface area (Å²) in [5.74, 6) is -0.414. The highest BCUT2D eigenvalue weighted by Crippen LogP contribution is 2.30. The summed E-state index contributed by atoms with van der Waals surface area (Å²) < 4.78 is 30.0. The van der Waals surface area contributed by atoms with Crippen LogP contribution in [0.15, 0.2) is 73.3 Å². The molecule has 6 heteroatoms. The first-order valence-corrected chi connectivity index (χ1v) is 10.4. The third-order valence-electron chi connectivity index (χ3n) is 4.98. The van der Waals surface area contributed by atoms with Crippen LogP contribution in [0.2, 0.25) is 0 Å². The molecular weight excluding hydrogens is 396 g/mol. The minimum absolute atomic E-state index is 0.283. The molecular formula is C25H30O6. The van der Waals surface area contributed by atoms with Crippen LogP contribution in [-0.4, -0.2) is 43.3 Å². The number of rotatable bonds is 10. The molecule has 1 heterocycles. The molecule has 166 valence electrons. The van der Waals surface area contributed by atoms with Gasteiger partial charge in [0.25, 0.3) is 0 Å². The number of esters is 1. The Morgan fingerprint density at radius 1 is 0.903 bits per heavy atom. The van der Waals surface area contributed by atoms with Gasteiger partial charge in [-0.05, 0) is 18.1 Å². The predicted molar refractivity (Wildman–Crippen MR) is 116 cm³/mol. The van der Waals surface area contributed by atoms with Crippen LogP contribution in [0.1, 0.15) is 25.0 Å². The van der Waals surface area contributed by atoms with Gasteiger partial charge in [-0.15, -0.1) is 6.58 Å². The zero-order chi connectivity index (χ0) is 22.1. The van der Waals surface area contributed by atoms with Gasteiger partial charge >= 0.3 is 5.97 Å². The van der Waals surface area contributed by atoms with E-state index in [-0.39, 0.29) is 12.7 Å². The van der Waals surface area contributed by atoms with E-state index in [1.54, 1.807) is 6.08 Å². The first kappa shape index (κ1) is 23.2. The van der Waals surface area contributed by atoms with E-state index in [1.165, 1.54) is 6.92 Å². The summed E-state index contributed by atoms with van der Waals surface area (Å²) in [4.78, 5) is 11.9. The molecule has 2 aromatic carbocycles. The molecule has 0 aromatic heterocycles. The summed E-state index contributed by atoms with van der Waals surface area (Å²) in [7, 11) is 0. The van der Waals surface area contributed by atoms with Crippen molar-refractivity contribution in [3.63, 3.8) is 0 Å². The third-order valence-corrected chi connectivity index (χ3v) is 4.98. The van der Waals surface area contributed by atoms with Gasteiger partial charge in [0.2, 0.25) is 0 Å². The number of benzene rings is 2. The molecule has 1 aliphatic rings. The fraction of sp³-hybridized carbons (Fsp3) is 0.400. The standard InChI is InChI=1S/C25H30O6/c1-4-15-27-25-24(29-17-21-13-9-6-10-14-21)23(31-19(3)26)22(18(2)30-25)28-16-20-11-7-5-8-12-20/h4-14,18,22-25H,1,15-17H2,2-3H3/t18-,22+,23+,24-,25+/m0/s1. The van der Waals surface area contributed by atoms with E-state index >= 15 is 0 Å². The molecule has 0 unspecified atom stereocenters. The van der Waals surface area contributed by atoms with Crippen molar-refractivity contribution in [3.05, 3.63) is 84.4 Å². The fourth-order valence-corrected chi connectivity index (χ4v) is 3.54. The van der Waals surface area contributed by atoms with Crippen LogP contribution in [0.4, 0.5) is 0 Å². The molecule has 0 N–H and O–H groups in total. The molecule has 1 fully saturated rings. The average Bonchev–Trinajstić information content (AvgIpc) is 2.77. The van der Waals surface area contributed by atoms with Gasteiger partial charge in [-0.25, -0.2) is 0 Å². The summed E-state index contributed by atoms with van der Waals surface area (Å²) in [6.07, 6.45) is -1.34. The normalized spacial score (nSPS) is 25.7. The number of ether oxygens (including phenoxy) is 5. The Balaban J connectivity index is 1.80. The number of carbonyl (C=O) groups is 1. The lowest BCUT2D eigenvalue weighted by molar-refractivity contribution is -0.311. The van der Waals surface area contributed by atoms with Crippen molar-refractivity contribution in [1.82, 2.24) is 0 Å². The highest BCUT2D eigenvalue weighted by atomic mass is 16.7. The van der Waals surface area contributed by atoms with Gasteiger partial charge in [0, 0.05) is 6.92 Å². The zero-order valence-corrected chi connectivity index (χ0v) is 18.0. The van der Waals surface area contributed by atoms with Gasteiger partial charge in [0.1, 0.15) is 12.2 Å². The maximum absolute atomic E-state index is 11.9. The number of carbonyl (C=O) groups excluding carboxylic acids is 1. The molecule has 0 spiro atoms. The molecule has 0 amide bonds. The van der Waals surface area contributed by atoms with E-state index in [0.717, 1.165) is 11.1 Å². The Bertz CT molecular complexity index is 809. The monoisotopic (exact) mass is 426 g/mol. The Kier molecular flexibility index (Phi) is 8.79. The van der Waals surface area contributed by atoms with Crippen LogP contribution < -0.4 is 0 Å². The topological polar surface area (TPSA) is 63.2 Å². The summed E-state index contributed by atoms with van der Waals surface area (Å²) >= 11 is 0. The average molecular weight is 427 g/mol. The molecule has 0 bridgehead atoms. The minimum Gasteiger partial charge on any atom is -0.457 e. The lowest BCUT2D eigenvalue weighted by atomic mass is 9.98. The van der Waals surface area contributed by atoms with Gasteiger partial charge in [0.05, 0.1) is 25.9 Å². The van der Waals surface area contributed by atoms with Crippen molar-refractivity contribution in [1.29, 1.82) is 0 Å². The quantitative estimate of drug-likeness (QED) is 0.422. The van der Waals surface area contributed by atoms with Gasteiger partial charge in [0.15, 0.2) is 12.4 Å². The third kappa shape index (κ3) is 6.74. The lowest BCUT2D eigenvalue weighted by Crippen LogP contribution is -2.60. The largest absolute Gasteiger partial charge is 0.457 e. The minimum atomic E-state index is -0.724. The van der Waals surface area contributed by atoms with Crippen LogP contribution in [0, 0.1) is 0 Å². The van der Waals surface area contributed by atoms with E-state index in [2.05, 4.69) is 6.58 Å². The second-order valence-electron chi connectivity index (χ2n) is 7.43. The number of hydrogen-bond acceptors (Lipinski definition) is 6. The zero-order valence-electron chi connectivity index (χ0n) is 18.0. The maximum atomic E-state index is 11.9. The first-order chi connectivity index (χ1) is 15.1. The summed E-state index contributed by atoms with van der Waals surface area (Å²) in [5, 5.41) is 0.